The summed E-state index contributed by atoms with van der Waals surface area (Å²) >= 11 is 0. The smallest absolute Gasteiger partial charge is 0.0701 e. The summed E-state index contributed by atoms with van der Waals surface area (Å²) in [5, 5.41) is 0. The van der Waals surface area contributed by atoms with E-state index in [1.54, 1.807) is 0 Å². The van der Waals surface area contributed by atoms with Crippen LogP contribution in [0.1, 0.15) is 0 Å². The molecular weight excluding hydrogens is 146 g/mol. The molecule has 0 aromatic heterocycles. The zero-order chi connectivity index (χ0) is 8.23. The molecule has 1 heteroatoms. The zero-order valence-electron chi connectivity index (χ0n) is 6.64. The third-order valence-electron chi connectivity index (χ3n) is 1.73. The van der Waals surface area contributed by atoms with E-state index in [0.717, 1.165) is 11.3 Å². The first-order chi connectivity index (χ1) is 5.97. The van der Waals surface area contributed by atoms with Crippen molar-refractivity contribution in [2.45, 2.75) is 0 Å². The van der Waals surface area contributed by atoms with Gasteiger partial charge < -0.3 is 0 Å². The van der Waals surface area contributed by atoms with Gasteiger partial charge in [-0.05, 0) is 12.2 Å². The Hall–Kier alpha value is -1.63. The molecule has 0 N–H and O–H groups in total. The molecule has 1 heterocycles. The first-order valence-corrected chi connectivity index (χ1v) is 3.93. The maximum Gasteiger partial charge on any atom is 0.0701 e. The van der Waals surface area contributed by atoms with Crippen LogP contribution in [0.4, 0.5) is 0 Å². The van der Waals surface area contributed by atoms with Crippen molar-refractivity contribution in [3.8, 4) is 0 Å². The Morgan fingerprint density at radius 2 is 1.75 bits per heavy atom. The minimum Gasteiger partial charge on any atom is -0.256 e. The largest absolute Gasteiger partial charge is 0.256 e. The van der Waals surface area contributed by atoms with Crippen LogP contribution in [0.3, 0.4) is 0 Å². The molecule has 0 saturated carbocycles. The van der Waals surface area contributed by atoms with Crippen LogP contribution in [0.25, 0.3) is 0 Å². The molecule has 2 aliphatic rings. The van der Waals surface area contributed by atoms with E-state index in [9.17, 15) is 0 Å². The highest BCUT2D eigenvalue weighted by Crippen LogP contribution is 2.09. The average molecular weight is 155 g/mol. The molecule has 1 aliphatic heterocycles. The predicted molar refractivity (Wildman–Crippen MR) is 52.1 cm³/mol. The number of hydrogen-bond acceptors (Lipinski definition) is 1. The number of hydrogen-bond donors (Lipinski definition) is 0. The number of nitrogens with zero attached hydrogens (tertiary/aromatic N) is 1. The molecule has 0 fully saturated rings. The Morgan fingerprint density at radius 3 is 2.75 bits per heavy atom. The molecule has 1 nitrogen and oxygen atoms in total. The van der Waals surface area contributed by atoms with E-state index in [0.29, 0.717) is 0 Å². The topological polar surface area (TPSA) is 12.4 Å². The quantitative estimate of drug-likeness (QED) is 0.509. The van der Waals surface area contributed by atoms with Gasteiger partial charge in [0.15, 0.2) is 0 Å². The van der Waals surface area contributed by atoms with Gasteiger partial charge in [-0.15, -0.1) is 0 Å². The van der Waals surface area contributed by atoms with Crippen LogP contribution < -0.4 is 0 Å². The first kappa shape index (κ1) is 7.04. The normalized spacial score (nSPS) is 19.3. The summed E-state index contributed by atoms with van der Waals surface area (Å²) < 4.78 is 0. The van der Waals surface area contributed by atoms with Gasteiger partial charge in [0.05, 0.1) is 5.71 Å². The van der Waals surface area contributed by atoms with Crippen molar-refractivity contribution < 1.29 is 0 Å². The highest BCUT2D eigenvalue weighted by atomic mass is 14.7. The standard InChI is InChI=1S/C11H9N/c1-2-6-10-7-4-5-9-12-11(10)8-3-1/h1-9H. The molecular formula is C11H9N. The SMILES string of the molecule is C1=CC=C2C=CC=CN=C2C=C1. The van der Waals surface area contributed by atoms with E-state index in [2.05, 4.69) is 17.1 Å². The van der Waals surface area contributed by atoms with Crippen molar-refractivity contribution in [1.29, 1.82) is 0 Å². The van der Waals surface area contributed by atoms with Gasteiger partial charge >= 0.3 is 0 Å². The Bertz CT molecular complexity index is 313. The first-order valence-electron chi connectivity index (χ1n) is 3.93. The lowest BCUT2D eigenvalue weighted by atomic mass is 10.1. The Kier molecular flexibility index (Phi) is 1.87. The fraction of sp³-hybridized carbons (Fsp3) is 0. The van der Waals surface area contributed by atoms with Gasteiger partial charge in [0.1, 0.15) is 0 Å². The van der Waals surface area contributed by atoms with Crippen molar-refractivity contribution in [3.63, 3.8) is 0 Å². The minimum absolute atomic E-state index is 1.02. The van der Waals surface area contributed by atoms with Gasteiger partial charge in [-0.3, -0.25) is 4.99 Å². The predicted octanol–water partition coefficient (Wildman–Crippen LogP) is 2.56. The van der Waals surface area contributed by atoms with Crippen LogP contribution in [0.15, 0.2) is 65.4 Å². The molecule has 0 amide bonds. The molecule has 0 aromatic carbocycles. The van der Waals surface area contributed by atoms with E-state index in [4.69, 9.17) is 0 Å². The Labute approximate surface area is 71.8 Å². The molecule has 0 radical (unpaired) electrons. The summed E-state index contributed by atoms with van der Waals surface area (Å²) in [4.78, 5) is 4.28. The van der Waals surface area contributed by atoms with Crippen LogP contribution in [-0.2, 0) is 0 Å². The number of allylic oxidation sites excluding steroid dienone is 9. The molecule has 0 unspecified atom stereocenters. The lowest BCUT2D eigenvalue weighted by molar-refractivity contribution is 1.57. The molecule has 0 spiro atoms. The summed E-state index contributed by atoms with van der Waals surface area (Å²) in [6.07, 6.45) is 17.9. The monoisotopic (exact) mass is 155 g/mol. The van der Waals surface area contributed by atoms with Crippen LogP contribution in [0.5, 0.6) is 0 Å². The number of rotatable bonds is 0. The van der Waals surface area contributed by atoms with Crippen LogP contribution in [0.2, 0.25) is 0 Å². The summed E-state index contributed by atoms with van der Waals surface area (Å²) in [5.74, 6) is 0. The van der Waals surface area contributed by atoms with Crippen molar-refractivity contribution in [2.24, 2.45) is 4.99 Å². The number of aliphatic imine (C=N–C) groups is 1. The Balaban J connectivity index is 2.49. The third kappa shape index (κ3) is 1.35. The maximum atomic E-state index is 4.28. The van der Waals surface area contributed by atoms with Gasteiger partial charge in [0.25, 0.3) is 0 Å². The second-order valence-corrected chi connectivity index (χ2v) is 2.58. The van der Waals surface area contributed by atoms with E-state index in [1.165, 1.54) is 0 Å². The van der Waals surface area contributed by atoms with E-state index in [1.807, 2.05) is 42.7 Å². The van der Waals surface area contributed by atoms with Crippen LogP contribution in [0, 0.1) is 0 Å². The third-order valence-corrected chi connectivity index (χ3v) is 1.73. The summed E-state index contributed by atoms with van der Waals surface area (Å²) in [5.41, 5.74) is 2.18. The highest BCUT2D eigenvalue weighted by Gasteiger charge is 2.00. The molecule has 58 valence electrons. The fourth-order valence-electron chi connectivity index (χ4n) is 1.14. The maximum absolute atomic E-state index is 4.28. The van der Waals surface area contributed by atoms with Crippen molar-refractivity contribution in [3.05, 3.63) is 60.4 Å². The fourth-order valence-corrected chi connectivity index (χ4v) is 1.14. The van der Waals surface area contributed by atoms with E-state index < -0.39 is 0 Å². The molecule has 1 aliphatic carbocycles. The molecule has 0 saturated heterocycles. The van der Waals surface area contributed by atoms with E-state index in [-0.39, 0.29) is 0 Å². The summed E-state index contributed by atoms with van der Waals surface area (Å²) in [7, 11) is 0. The van der Waals surface area contributed by atoms with Gasteiger partial charge in [-0.1, -0.05) is 36.5 Å². The van der Waals surface area contributed by atoms with Gasteiger partial charge in [-0.25, -0.2) is 0 Å². The van der Waals surface area contributed by atoms with Crippen molar-refractivity contribution >= 4 is 5.71 Å². The molecule has 0 bridgehead atoms. The van der Waals surface area contributed by atoms with Crippen molar-refractivity contribution in [1.82, 2.24) is 0 Å². The molecule has 0 atom stereocenters. The minimum atomic E-state index is 1.02. The highest BCUT2D eigenvalue weighted by molar-refractivity contribution is 6.11. The second kappa shape index (κ2) is 3.18. The van der Waals surface area contributed by atoms with Crippen LogP contribution in [-0.4, -0.2) is 5.71 Å². The Morgan fingerprint density at radius 1 is 0.833 bits per heavy atom. The molecule has 0 aromatic rings. The van der Waals surface area contributed by atoms with Gasteiger partial charge in [0, 0.05) is 11.8 Å². The van der Waals surface area contributed by atoms with Crippen molar-refractivity contribution in [2.75, 3.05) is 0 Å². The number of fused-ring (bicyclic) bond motifs is 1. The summed E-state index contributed by atoms with van der Waals surface area (Å²) in [6, 6.07) is 0. The van der Waals surface area contributed by atoms with Crippen LogP contribution >= 0.6 is 0 Å². The lowest BCUT2D eigenvalue weighted by Gasteiger charge is -1.96. The lowest BCUT2D eigenvalue weighted by Crippen LogP contribution is -1.93. The van der Waals surface area contributed by atoms with Gasteiger partial charge in [-0.2, -0.15) is 0 Å². The molecule has 12 heavy (non-hydrogen) atoms. The van der Waals surface area contributed by atoms with E-state index >= 15 is 0 Å². The zero-order valence-corrected chi connectivity index (χ0v) is 6.64. The average Bonchev–Trinajstić information content (AvgIpc) is 2.38. The second-order valence-electron chi connectivity index (χ2n) is 2.58. The summed E-state index contributed by atoms with van der Waals surface area (Å²) in [6.45, 7) is 0. The molecule has 2 rings (SSSR count). The van der Waals surface area contributed by atoms with Gasteiger partial charge in [0.2, 0.25) is 0 Å².